The molecular weight excluding hydrogens is 374 g/mol. The summed E-state index contributed by atoms with van der Waals surface area (Å²) >= 11 is 6.15. The second-order valence-corrected chi connectivity index (χ2v) is 6.94. The van der Waals surface area contributed by atoms with Crippen molar-refractivity contribution in [3.05, 3.63) is 65.9 Å². The number of nitrogens with zero attached hydrogens (tertiary/aromatic N) is 3. The third-order valence-electron chi connectivity index (χ3n) is 4.78. The molecule has 1 fully saturated rings. The van der Waals surface area contributed by atoms with E-state index in [1.54, 1.807) is 24.3 Å². The summed E-state index contributed by atoms with van der Waals surface area (Å²) in [6.45, 7) is 0.740. The Bertz CT molecular complexity index is 986. The molecule has 0 bridgehead atoms. The Balaban J connectivity index is 1.73. The minimum Gasteiger partial charge on any atom is -0.453 e. The summed E-state index contributed by atoms with van der Waals surface area (Å²) in [7, 11) is 0. The van der Waals surface area contributed by atoms with Crippen LogP contribution >= 0.6 is 11.6 Å². The number of halogens is 1. The molecule has 28 heavy (non-hydrogen) atoms. The smallest absolute Gasteiger partial charge is 0.173 e. The Hall–Kier alpha value is -2.81. The van der Waals surface area contributed by atoms with E-state index in [9.17, 15) is 0 Å². The molecule has 4 rings (SSSR count). The van der Waals surface area contributed by atoms with Crippen LogP contribution in [-0.4, -0.2) is 16.4 Å². The largest absolute Gasteiger partial charge is 0.453 e. The first-order valence-corrected chi connectivity index (χ1v) is 9.85. The van der Waals surface area contributed by atoms with Gasteiger partial charge < -0.3 is 9.47 Å². The number of hydrogen-bond donors (Lipinski definition) is 0. The predicted octanol–water partition coefficient (Wildman–Crippen LogP) is 5.65. The summed E-state index contributed by atoms with van der Waals surface area (Å²) < 4.78 is 13.9. The van der Waals surface area contributed by atoms with Crippen molar-refractivity contribution in [3.8, 4) is 28.8 Å². The number of alkyl halides is 1. The first-order valence-electron chi connectivity index (χ1n) is 9.31. The number of aromatic nitrogens is 2. The topological polar surface area (TPSA) is 60.1 Å². The van der Waals surface area contributed by atoms with E-state index in [1.807, 2.05) is 35.1 Å². The van der Waals surface area contributed by atoms with Gasteiger partial charge in [0.2, 0.25) is 0 Å². The molecule has 0 saturated carbocycles. The number of rotatable bonds is 5. The lowest BCUT2D eigenvalue weighted by Gasteiger charge is -2.22. The molecule has 5 nitrogen and oxygen atoms in total. The Morgan fingerprint density at radius 1 is 1.18 bits per heavy atom. The van der Waals surface area contributed by atoms with Crippen LogP contribution in [0.3, 0.4) is 0 Å². The molecular formula is C22H20ClN3O2. The molecule has 3 aromatic rings. The Kier molecular flexibility index (Phi) is 5.61. The molecule has 2 heterocycles. The molecule has 0 spiro atoms. The Morgan fingerprint density at radius 3 is 2.71 bits per heavy atom. The average Bonchev–Trinajstić information content (AvgIpc) is 3.18. The lowest BCUT2D eigenvalue weighted by molar-refractivity contribution is -0.0394. The third-order valence-corrected chi connectivity index (χ3v) is 5.06. The zero-order chi connectivity index (χ0) is 19.3. The number of ether oxygens (including phenoxy) is 2. The highest BCUT2D eigenvalue weighted by atomic mass is 35.5. The molecule has 0 N–H and O–H groups in total. The van der Waals surface area contributed by atoms with E-state index in [4.69, 9.17) is 31.4 Å². The van der Waals surface area contributed by atoms with E-state index >= 15 is 0 Å². The van der Waals surface area contributed by atoms with Crippen molar-refractivity contribution in [1.82, 2.24) is 9.78 Å². The van der Waals surface area contributed by atoms with Crippen LogP contribution in [-0.2, 0) is 10.6 Å². The quantitative estimate of drug-likeness (QED) is 0.525. The molecule has 1 saturated heterocycles. The van der Waals surface area contributed by atoms with Crippen LogP contribution in [0.1, 0.15) is 36.6 Å². The van der Waals surface area contributed by atoms with Crippen molar-refractivity contribution >= 4 is 11.6 Å². The van der Waals surface area contributed by atoms with Crippen molar-refractivity contribution in [2.45, 2.75) is 31.4 Å². The van der Waals surface area contributed by atoms with Gasteiger partial charge in [0.15, 0.2) is 5.75 Å². The molecule has 1 aliphatic heterocycles. The van der Waals surface area contributed by atoms with Crippen LogP contribution in [0.25, 0.3) is 11.3 Å². The van der Waals surface area contributed by atoms with Gasteiger partial charge in [-0.15, -0.1) is 11.6 Å². The van der Waals surface area contributed by atoms with Crippen LogP contribution in [0.5, 0.6) is 11.5 Å². The van der Waals surface area contributed by atoms with E-state index in [1.165, 1.54) is 0 Å². The Morgan fingerprint density at radius 2 is 2.00 bits per heavy atom. The van der Waals surface area contributed by atoms with Gasteiger partial charge in [0.05, 0.1) is 17.8 Å². The predicted molar refractivity (Wildman–Crippen MR) is 107 cm³/mol. The van der Waals surface area contributed by atoms with Crippen LogP contribution in [0.15, 0.2) is 54.7 Å². The zero-order valence-corrected chi connectivity index (χ0v) is 16.1. The molecule has 1 atom stereocenters. The lowest BCUT2D eigenvalue weighted by Crippen LogP contribution is -2.18. The molecule has 6 heteroatoms. The monoisotopic (exact) mass is 393 g/mol. The first-order chi connectivity index (χ1) is 13.8. The maximum atomic E-state index is 8.99. The van der Waals surface area contributed by atoms with Crippen LogP contribution in [0, 0.1) is 11.3 Å². The van der Waals surface area contributed by atoms with E-state index in [2.05, 4.69) is 6.07 Å². The second-order valence-electron chi connectivity index (χ2n) is 6.67. The maximum Gasteiger partial charge on any atom is 0.173 e. The molecule has 1 aliphatic rings. The molecule has 142 valence electrons. The molecule has 0 aliphatic carbocycles. The fourth-order valence-corrected chi connectivity index (χ4v) is 3.54. The van der Waals surface area contributed by atoms with Crippen molar-refractivity contribution in [2.75, 3.05) is 6.61 Å². The minimum atomic E-state index is -0.0889. The molecule has 2 aromatic carbocycles. The van der Waals surface area contributed by atoms with Gasteiger partial charge in [-0.25, -0.2) is 4.68 Å². The number of benzene rings is 2. The van der Waals surface area contributed by atoms with Gasteiger partial charge in [-0.2, -0.15) is 10.4 Å². The summed E-state index contributed by atoms with van der Waals surface area (Å²) in [6.07, 6.45) is 4.91. The van der Waals surface area contributed by atoms with Gasteiger partial charge in [0.25, 0.3) is 0 Å². The average molecular weight is 394 g/mol. The molecule has 0 amide bonds. The van der Waals surface area contributed by atoms with Crippen LogP contribution < -0.4 is 4.74 Å². The van der Waals surface area contributed by atoms with Crippen LogP contribution in [0.4, 0.5) is 0 Å². The SMILES string of the molecule is N#Cc1ccc(Oc2cn(C3CCCCO3)nc2-c2ccccc2CCl)cc1. The third kappa shape index (κ3) is 3.89. The minimum absolute atomic E-state index is 0.0889. The lowest BCUT2D eigenvalue weighted by atomic mass is 10.1. The molecule has 1 aromatic heterocycles. The van der Waals surface area contributed by atoms with E-state index in [0.717, 1.165) is 42.7 Å². The summed E-state index contributed by atoms with van der Waals surface area (Å²) in [5, 5.41) is 13.8. The van der Waals surface area contributed by atoms with Gasteiger partial charge in [0.1, 0.15) is 17.7 Å². The molecule has 1 unspecified atom stereocenters. The Labute approximate surface area is 169 Å². The van der Waals surface area contributed by atoms with Crippen LogP contribution in [0.2, 0.25) is 0 Å². The van der Waals surface area contributed by atoms with Gasteiger partial charge in [-0.3, -0.25) is 0 Å². The van der Waals surface area contributed by atoms with E-state index < -0.39 is 0 Å². The standard InChI is InChI=1S/C22H20ClN3O2/c23-13-17-5-1-2-6-19(17)22-20(28-18-10-8-16(14-24)9-11-18)15-26(25-22)21-7-3-4-12-27-21/h1-2,5-6,8-11,15,21H,3-4,7,12-13H2. The fraction of sp³-hybridized carbons (Fsp3) is 0.273. The summed E-state index contributed by atoms with van der Waals surface area (Å²) in [5.74, 6) is 1.67. The van der Waals surface area contributed by atoms with Crippen molar-refractivity contribution in [3.63, 3.8) is 0 Å². The highest BCUT2D eigenvalue weighted by Gasteiger charge is 2.22. The summed E-state index contributed by atoms with van der Waals surface area (Å²) in [5.41, 5.74) is 3.25. The van der Waals surface area contributed by atoms with Crippen molar-refractivity contribution < 1.29 is 9.47 Å². The number of nitriles is 1. The van der Waals surface area contributed by atoms with E-state index in [-0.39, 0.29) is 6.23 Å². The maximum absolute atomic E-state index is 8.99. The second kappa shape index (κ2) is 8.47. The highest BCUT2D eigenvalue weighted by Crippen LogP contribution is 2.36. The molecule has 0 radical (unpaired) electrons. The highest BCUT2D eigenvalue weighted by molar-refractivity contribution is 6.17. The summed E-state index contributed by atoms with van der Waals surface area (Å²) in [6, 6.07) is 17.1. The normalized spacial score (nSPS) is 16.5. The zero-order valence-electron chi connectivity index (χ0n) is 15.3. The van der Waals surface area contributed by atoms with Gasteiger partial charge in [-0.1, -0.05) is 24.3 Å². The fourth-order valence-electron chi connectivity index (χ4n) is 3.31. The van der Waals surface area contributed by atoms with Crippen molar-refractivity contribution in [1.29, 1.82) is 5.26 Å². The number of hydrogen-bond acceptors (Lipinski definition) is 4. The van der Waals surface area contributed by atoms with Crippen molar-refractivity contribution in [2.24, 2.45) is 0 Å². The van der Waals surface area contributed by atoms with E-state index in [0.29, 0.717) is 22.9 Å². The van der Waals surface area contributed by atoms with Gasteiger partial charge in [0, 0.05) is 18.1 Å². The van der Waals surface area contributed by atoms with Gasteiger partial charge >= 0.3 is 0 Å². The first kappa shape index (κ1) is 18.5. The summed E-state index contributed by atoms with van der Waals surface area (Å²) in [4.78, 5) is 0. The van der Waals surface area contributed by atoms with Gasteiger partial charge in [-0.05, 0) is 49.1 Å².